The summed E-state index contributed by atoms with van der Waals surface area (Å²) in [5, 5.41) is 3.73. The van der Waals surface area contributed by atoms with Crippen molar-refractivity contribution < 1.29 is 0 Å². The Labute approximate surface area is 123 Å². The summed E-state index contributed by atoms with van der Waals surface area (Å²) in [5.74, 6) is 0. The van der Waals surface area contributed by atoms with E-state index in [0.717, 1.165) is 25.3 Å². The van der Waals surface area contributed by atoms with Crippen molar-refractivity contribution >= 4 is 5.69 Å². The molecule has 0 saturated heterocycles. The number of nitrogen functional groups attached to an aromatic ring is 1. The van der Waals surface area contributed by atoms with Crippen molar-refractivity contribution in [2.75, 3.05) is 31.9 Å². The molecule has 3 N–H and O–H groups in total. The van der Waals surface area contributed by atoms with E-state index in [0.29, 0.717) is 6.04 Å². The van der Waals surface area contributed by atoms with Gasteiger partial charge in [-0.2, -0.15) is 0 Å². The number of benzene rings is 1. The Hall–Kier alpha value is -1.06. The SMILES string of the molecule is CCN(CC)CCCNC1CCCc2ccc(N)cc21. The van der Waals surface area contributed by atoms with Crippen LogP contribution in [0, 0.1) is 0 Å². The Morgan fingerprint density at radius 3 is 2.85 bits per heavy atom. The number of rotatable bonds is 7. The molecule has 0 amide bonds. The number of nitrogens with one attached hydrogen (secondary N) is 1. The molecule has 3 heteroatoms. The van der Waals surface area contributed by atoms with Crippen LogP contribution in [0.3, 0.4) is 0 Å². The molecule has 2 rings (SSSR count). The molecule has 0 bridgehead atoms. The molecule has 0 fully saturated rings. The lowest BCUT2D eigenvalue weighted by atomic mass is 9.87. The molecule has 1 unspecified atom stereocenters. The number of aryl methyl sites for hydroxylation is 1. The van der Waals surface area contributed by atoms with E-state index >= 15 is 0 Å². The lowest BCUT2D eigenvalue weighted by molar-refractivity contribution is 0.294. The van der Waals surface area contributed by atoms with Crippen LogP contribution >= 0.6 is 0 Å². The molecular weight excluding hydrogens is 246 g/mol. The summed E-state index contributed by atoms with van der Waals surface area (Å²) in [7, 11) is 0. The molecule has 1 aromatic rings. The number of hydrogen-bond acceptors (Lipinski definition) is 3. The zero-order valence-electron chi connectivity index (χ0n) is 13.0. The second-order valence-electron chi connectivity index (χ2n) is 5.74. The van der Waals surface area contributed by atoms with Crippen LogP contribution in [-0.4, -0.2) is 31.1 Å². The van der Waals surface area contributed by atoms with E-state index in [9.17, 15) is 0 Å². The Morgan fingerprint density at radius 1 is 1.30 bits per heavy atom. The summed E-state index contributed by atoms with van der Waals surface area (Å²) in [6.07, 6.45) is 4.94. The van der Waals surface area contributed by atoms with E-state index in [4.69, 9.17) is 5.73 Å². The van der Waals surface area contributed by atoms with Crippen molar-refractivity contribution in [1.82, 2.24) is 10.2 Å². The Morgan fingerprint density at radius 2 is 2.10 bits per heavy atom. The van der Waals surface area contributed by atoms with E-state index in [1.807, 2.05) is 6.07 Å². The number of hydrogen-bond donors (Lipinski definition) is 2. The summed E-state index contributed by atoms with van der Waals surface area (Å²) < 4.78 is 0. The normalized spacial score (nSPS) is 18.2. The number of anilines is 1. The molecule has 0 heterocycles. The second kappa shape index (κ2) is 7.65. The van der Waals surface area contributed by atoms with Crippen LogP contribution < -0.4 is 11.1 Å². The average Bonchev–Trinajstić information content (AvgIpc) is 2.47. The minimum Gasteiger partial charge on any atom is -0.399 e. The number of fused-ring (bicyclic) bond motifs is 1. The predicted molar refractivity (Wildman–Crippen MR) is 86.9 cm³/mol. The van der Waals surface area contributed by atoms with E-state index in [1.54, 1.807) is 0 Å². The van der Waals surface area contributed by atoms with Gasteiger partial charge in [0.2, 0.25) is 0 Å². The van der Waals surface area contributed by atoms with Gasteiger partial charge in [-0.15, -0.1) is 0 Å². The first-order valence-electron chi connectivity index (χ1n) is 8.08. The fraction of sp³-hybridized carbons (Fsp3) is 0.647. The van der Waals surface area contributed by atoms with Gasteiger partial charge in [0.05, 0.1) is 0 Å². The molecule has 1 aliphatic rings. The molecule has 112 valence electrons. The molecular formula is C17H29N3. The molecule has 1 atom stereocenters. The molecule has 1 aromatic carbocycles. The lowest BCUT2D eigenvalue weighted by Gasteiger charge is -2.27. The van der Waals surface area contributed by atoms with Gasteiger partial charge in [-0.05, 0) is 75.1 Å². The second-order valence-corrected chi connectivity index (χ2v) is 5.74. The highest BCUT2D eigenvalue weighted by molar-refractivity contribution is 5.46. The van der Waals surface area contributed by atoms with Crippen LogP contribution in [0.1, 0.15) is 50.3 Å². The molecule has 0 radical (unpaired) electrons. The molecule has 20 heavy (non-hydrogen) atoms. The van der Waals surface area contributed by atoms with Gasteiger partial charge in [0, 0.05) is 11.7 Å². The first-order chi connectivity index (χ1) is 9.74. The third-order valence-electron chi connectivity index (χ3n) is 4.42. The fourth-order valence-corrected chi connectivity index (χ4v) is 3.15. The topological polar surface area (TPSA) is 41.3 Å². The number of nitrogens with zero attached hydrogens (tertiary/aromatic N) is 1. The predicted octanol–water partition coefficient (Wildman–Crippen LogP) is 2.97. The van der Waals surface area contributed by atoms with E-state index < -0.39 is 0 Å². The highest BCUT2D eigenvalue weighted by Gasteiger charge is 2.19. The standard InChI is InChI=1S/C17H29N3/c1-3-20(4-2)12-6-11-19-17-8-5-7-14-9-10-15(18)13-16(14)17/h9-10,13,17,19H,3-8,11-12,18H2,1-2H3. The van der Waals surface area contributed by atoms with E-state index in [2.05, 4.69) is 36.2 Å². The zero-order chi connectivity index (χ0) is 14.4. The Balaban J connectivity index is 1.84. The van der Waals surface area contributed by atoms with Crippen LogP contribution in [0.25, 0.3) is 0 Å². The largest absolute Gasteiger partial charge is 0.399 e. The van der Waals surface area contributed by atoms with Gasteiger partial charge in [0.25, 0.3) is 0 Å². The minimum absolute atomic E-state index is 0.499. The van der Waals surface area contributed by atoms with E-state index in [-0.39, 0.29) is 0 Å². The van der Waals surface area contributed by atoms with Crippen LogP contribution in [0.2, 0.25) is 0 Å². The van der Waals surface area contributed by atoms with Crippen LogP contribution in [0.4, 0.5) is 5.69 Å². The first-order valence-corrected chi connectivity index (χ1v) is 8.08. The molecule has 0 aromatic heterocycles. The molecule has 0 spiro atoms. The van der Waals surface area contributed by atoms with Crippen LogP contribution in [0.5, 0.6) is 0 Å². The molecule has 0 aliphatic heterocycles. The van der Waals surface area contributed by atoms with Crippen LogP contribution in [-0.2, 0) is 6.42 Å². The van der Waals surface area contributed by atoms with Gasteiger partial charge < -0.3 is 16.0 Å². The minimum atomic E-state index is 0.499. The Bertz CT molecular complexity index is 413. The molecule has 3 nitrogen and oxygen atoms in total. The molecule has 0 saturated carbocycles. The van der Waals surface area contributed by atoms with E-state index in [1.165, 1.54) is 43.4 Å². The molecule has 1 aliphatic carbocycles. The van der Waals surface area contributed by atoms with Gasteiger partial charge in [-0.25, -0.2) is 0 Å². The van der Waals surface area contributed by atoms with Gasteiger partial charge in [0.15, 0.2) is 0 Å². The fourth-order valence-electron chi connectivity index (χ4n) is 3.15. The summed E-state index contributed by atoms with van der Waals surface area (Å²) in [6.45, 7) is 9.05. The summed E-state index contributed by atoms with van der Waals surface area (Å²) in [5.41, 5.74) is 9.74. The highest BCUT2D eigenvalue weighted by atomic mass is 15.1. The smallest absolute Gasteiger partial charge is 0.0323 e. The maximum absolute atomic E-state index is 5.94. The highest BCUT2D eigenvalue weighted by Crippen LogP contribution is 2.30. The van der Waals surface area contributed by atoms with Gasteiger partial charge >= 0.3 is 0 Å². The quantitative estimate of drug-likeness (QED) is 0.594. The summed E-state index contributed by atoms with van der Waals surface area (Å²) in [4.78, 5) is 2.48. The average molecular weight is 275 g/mol. The Kier molecular flexibility index (Phi) is 5.86. The summed E-state index contributed by atoms with van der Waals surface area (Å²) in [6, 6.07) is 6.89. The summed E-state index contributed by atoms with van der Waals surface area (Å²) >= 11 is 0. The van der Waals surface area contributed by atoms with Crippen molar-refractivity contribution in [3.8, 4) is 0 Å². The van der Waals surface area contributed by atoms with Gasteiger partial charge in [0.1, 0.15) is 0 Å². The maximum Gasteiger partial charge on any atom is 0.0323 e. The first kappa shape index (κ1) is 15.3. The van der Waals surface area contributed by atoms with Crippen molar-refractivity contribution in [1.29, 1.82) is 0 Å². The van der Waals surface area contributed by atoms with Crippen molar-refractivity contribution in [2.45, 2.75) is 45.6 Å². The van der Waals surface area contributed by atoms with Crippen LogP contribution in [0.15, 0.2) is 18.2 Å². The van der Waals surface area contributed by atoms with Gasteiger partial charge in [-0.3, -0.25) is 0 Å². The maximum atomic E-state index is 5.94. The van der Waals surface area contributed by atoms with Crippen molar-refractivity contribution in [3.63, 3.8) is 0 Å². The monoisotopic (exact) mass is 275 g/mol. The van der Waals surface area contributed by atoms with Crippen molar-refractivity contribution in [2.24, 2.45) is 0 Å². The number of nitrogens with two attached hydrogens (primary N) is 1. The van der Waals surface area contributed by atoms with Crippen molar-refractivity contribution in [3.05, 3.63) is 29.3 Å². The van der Waals surface area contributed by atoms with Gasteiger partial charge in [-0.1, -0.05) is 19.9 Å². The third-order valence-corrected chi connectivity index (χ3v) is 4.42. The lowest BCUT2D eigenvalue weighted by Crippen LogP contribution is -2.30. The third kappa shape index (κ3) is 3.97. The zero-order valence-corrected chi connectivity index (χ0v) is 13.0.